The minimum atomic E-state index is 0.127. The molecule has 0 fully saturated rings. The van der Waals surface area contributed by atoms with Gasteiger partial charge in [-0.3, -0.25) is 4.79 Å². The molecule has 16 heavy (non-hydrogen) atoms. The van der Waals surface area contributed by atoms with Crippen LogP contribution in [0.3, 0.4) is 0 Å². The van der Waals surface area contributed by atoms with E-state index >= 15 is 0 Å². The van der Waals surface area contributed by atoms with E-state index in [0.717, 1.165) is 19.5 Å². The lowest BCUT2D eigenvalue weighted by Gasteiger charge is -2.05. The molecule has 2 N–H and O–H groups in total. The van der Waals surface area contributed by atoms with Gasteiger partial charge in [-0.15, -0.1) is 0 Å². The van der Waals surface area contributed by atoms with Crippen molar-refractivity contribution < 1.29 is 4.79 Å². The average Bonchev–Trinajstić information content (AvgIpc) is 2.33. The molecule has 3 nitrogen and oxygen atoms in total. The summed E-state index contributed by atoms with van der Waals surface area (Å²) in [6, 6.07) is 10.1. The molecular formula is C13H20N2O. The standard InChI is InChI=1S/C13H20N2O/c1-2-14-10-11-15-13(16)9-8-12-6-4-3-5-7-12/h3-7,14H,2,8-11H2,1H3,(H,15,16). The van der Waals surface area contributed by atoms with Crippen LogP contribution in [0, 0.1) is 0 Å². The number of amides is 1. The number of aryl methyl sites for hydroxylation is 1. The fraction of sp³-hybridized carbons (Fsp3) is 0.462. The Bertz CT molecular complexity index is 298. The number of hydrogen-bond acceptors (Lipinski definition) is 2. The summed E-state index contributed by atoms with van der Waals surface area (Å²) in [5.74, 6) is 0.127. The van der Waals surface area contributed by atoms with E-state index < -0.39 is 0 Å². The van der Waals surface area contributed by atoms with Gasteiger partial charge < -0.3 is 10.6 Å². The van der Waals surface area contributed by atoms with Gasteiger partial charge >= 0.3 is 0 Å². The minimum absolute atomic E-state index is 0.127. The molecule has 0 aliphatic heterocycles. The highest BCUT2D eigenvalue weighted by Crippen LogP contribution is 2.01. The molecule has 3 heteroatoms. The fourth-order valence-corrected chi connectivity index (χ4v) is 1.46. The van der Waals surface area contributed by atoms with Gasteiger partial charge in [0, 0.05) is 19.5 Å². The first-order valence-corrected chi connectivity index (χ1v) is 5.84. The number of benzene rings is 1. The van der Waals surface area contributed by atoms with E-state index in [-0.39, 0.29) is 5.91 Å². The first kappa shape index (κ1) is 12.7. The van der Waals surface area contributed by atoms with Crippen LogP contribution in [0.25, 0.3) is 0 Å². The quantitative estimate of drug-likeness (QED) is 0.681. The van der Waals surface area contributed by atoms with E-state index in [9.17, 15) is 4.79 Å². The zero-order valence-corrected chi connectivity index (χ0v) is 9.83. The average molecular weight is 220 g/mol. The first-order chi connectivity index (χ1) is 7.83. The summed E-state index contributed by atoms with van der Waals surface area (Å²) in [6.07, 6.45) is 1.38. The summed E-state index contributed by atoms with van der Waals surface area (Å²) in [4.78, 5) is 11.4. The minimum Gasteiger partial charge on any atom is -0.355 e. The lowest BCUT2D eigenvalue weighted by molar-refractivity contribution is -0.121. The summed E-state index contributed by atoms with van der Waals surface area (Å²) >= 11 is 0. The first-order valence-electron chi connectivity index (χ1n) is 5.84. The molecule has 0 bridgehead atoms. The van der Waals surface area contributed by atoms with Crippen molar-refractivity contribution in [1.29, 1.82) is 0 Å². The van der Waals surface area contributed by atoms with E-state index in [1.54, 1.807) is 0 Å². The Morgan fingerprint density at radius 3 is 2.62 bits per heavy atom. The molecule has 0 radical (unpaired) electrons. The highest BCUT2D eigenvalue weighted by atomic mass is 16.1. The lowest BCUT2D eigenvalue weighted by Crippen LogP contribution is -2.31. The van der Waals surface area contributed by atoms with Crippen LogP contribution in [-0.4, -0.2) is 25.5 Å². The molecule has 0 aliphatic carbocycles. The Balaban J connectivity index is 2.11. The third-order valence-electron chi connectivity index (χ3n) is 2.36. The Morgan fingerprint density at radius 2 is 1.94 bits per heavy atom. The van der Waals surface area contributed by atoms with Crippen LogP contribution in [0.4, 0.5) is 0 Å². The van der Waals surface area contributed by atoms with Gasteiger partial charge in [-0.2, -0.15) is 0 Å². The maximum Gasteiger partial charge on any atom is 0.220 e. The molecular weight excluding hydrogens is 200 g/mol. The second kappa shape index (κ2) is 7.88. The van der Waals surface area contributed by atoms with Crippen LogP contribution in [0.1, 0.15) is 18.9 Å². The van der Waals surface area contributed by atoms with Gasteiger partial charge in [-0.1, -0.05) is 37.3 Å². The van der Waals surface area contributed by atoms with E-state index in [1.807, 2.05) is 30.3 Å². The van der Waals surface area contributed by atoms with Crippen LogP contribution >= 0.6 is 0 Å². The lowest BCUT2D eigenvalue weighted by atomic mass is 10.1. The maximum atomic E-state index is 11.4. The van der Waals surface area contributed by atoms with Crippen molar-refractivity contribution in [3.8, 4) is 0 Å². The van der Waals surface area contributed by atoms with Crippen LogP contribution < -0.4 is 10.6 Å². The molecule has 0 aromatic heterocycles. The molecule has 0 heterocycles. The summed E-state index contributed by atoms with van der Waals surface area (Å²) in [5, 5.41) is 6.05. The molecule has 1 aromatic carbocycles. The zero-order chi connectivity index (χ0) is 11.6. The Morgan fingerprint density at radius 1 is 1.19 bits per heavy atom. The van der Waals surface area contributed by atoms with Gasteiger partial charge in [0.1, 0.15) is 0 Å². The van der Waals surface area contributed by atoms with Gasteiger partial charge in [0.05, 0.1) is 0 Å². The number of carbonyl (C=O) groups excluding carboxylic acids is 1. The highest BCUT2D eigenvalue weighted by Gasteiger charge is 2.00. The maximum absolute atomic E-state index is 11.4. The van der Waals surface area contributed by atoms with Crippen molar-refractivity contribution in [2.45, 2.75) is 19.8 Å². The second-order valence-corrected chi connectivity index (χ2v) is 3.69. The van der Waals surface area contributed by atoms with Gasteiger partial charge in [0.15, 0.2) is 0 Å². The van der Waals surface area contributed by atoms with Crippen LogP contribution in [0.5, 0.6) is 0 Å². The third kappa shape index (κ3) is 5.51. The van der Waals surface area contributed by atoms with Gasteiger partial charge in [0.25, 0.3) is 0 Å². The molecule has 0 spiro atoms. The van der Waals surface area contributed by atoms with Crippen molar-refractivity contribution in [3.63, 3.8) is 0 Å². The topological polar surface area (TPSA) is 41.1 Å². The Kier molecular flexibility index (Phi) is 6.26. The number of hydrogen-bond donors (Lipinski definition) is 2. The Hall–Kier alpha value is -1.35. The molecule has 1 aromatic rings. The summed E-state index contributed by atoms with van der Waals surface area (Å²) in [7, 11) is 0. The summed E-state index contributed by atoms with van der Waals surface area (Å²) < 4.78 is 0. The number of carbonyl (C=O) groups is 1. The van der Waals surface area contributed by atoms with E-state index in [2.05, 4.69) is 17.6 Å². The summed E-state index contributed by atoms with van der Waals surface area (Å²) in [5.41, 5.74) is 1.21. The molecule has 0 atom stereocenters. The van der Waals surface area contributed by atoms with Gasteiger partial charge in [-0.25, -0.2) is 0 Å². The smallest absolute Gasteiger partial charge is 0.220 e. The van der Waals surface area contributed by atoms with Gasteiger partial charge in [-0.05, 0) is 18.5 Å². The van der Waals surface area contributed by atoms with Gasteiger partial charge in [0.2, 0.25) is 5.91 Å². The Labute approximate surface area is 97.2 Å². The molecule has 1 rings (SSSR count). The molecule has 1 amide bonds. The predicted molar refractivity (Wildman–Crippen MR) is 66.3 cm³/mol. The molecule has 0 saturated heterocycles. The van der Waals surface area contributed by atoms with Crippen LogP contribution in [-0.2, 0) is 11.2 Å². The molecule has 0 saturated carbocycles. The van der Waals surface area contributed by atoms with Crippen molar-refractivity contribution in [2.24, 2.45) is 0 Å². The normalized spacial score (nSPS) is 10.1. The summed E-state index contributed by atoms with van der Waals surface area (Å²) in [6.45, 7) is 4.55. The van der Waals surface area contributed by atoms with Crippen molar-refractivity contribution >= 4 is 5.91 Å². The number of nitrogens with one attached hydrogen (secondary N) is 2. The number of rotatable bonds is 7. The number of likely N-dealkylation sites (N-methyl/N-ethyl adjacent to an activating group) is 1. The highest BCUT2D eigenvalue weighted by molar-refractivity contribution is 5.76. The molecule has 0 unspecified atom stereocenters. The van der Waals surface area contributed by atoms with Crippen molar-refractivity contribution in [2.75, 3.05) is 19.6 Å². The molecule has 88 valence electrons. The second-order valence-electron chi connectivity index (χ2n) is 3.69. The van der Waals surface area contributed by atoms with Crippen molar-refractivity contribution in [3.05, 3.63) is 35.9 Å². The largest absolute Gasteiger partial charge is 0.355 e. The third-order valence-corrected chi connectivity index (χ3v) is 2.36. The fourth-order valence-electron chi connectivity index (χ4n) is 1.46. The van der Waals surface area contributed by atoms with E-state index in [4.69, 9.17) is 0 Å². The molecule has 0 aliphatic rings. The predicted octanol–water partition coefficient (Wildman–Crippen LogP) is 1.34. The van der Waals surface area contributed by atoms with Crippen LogP contribution in [0.2, 0.25) is 0 Å². The SMILES string of the molecule is CCNCCNC(=O)CCc1ccccc1. The van der Waals surface area contributed by atoms with E-state index in [1.165, 1.54) is 5.56 Å². The zero-order valence-electron chi connectivity index (χ0n) is 9.83. The monoisotopic (exact) mass is 220 g/mol. The van der Waals surface area contributed by atoms with Crippen molar-refractivity contribution in [1.82, 2.24) is 10.6 Å². The van der Waals surface area contributed by atoms with E-state index in [0.29, 0.717) is 13.0 Å². The van der Waals surface area contributed by atoms with Crippen LogP contribution in [0.15, 0.2) is 30.3 Å².